The van der Waals surface area contributed by atoms with E-state index in [4.69, 9.17) is 10.2 Å². The minimum atomic E-state index is -1.53. The molecule has 0 aromatic heterocycles. The van der Waals surface area contributed by atoms with Gasteiger partial charge in [-0.3, -0.25) is 0 Å². The van der Waals surface area contributed by atoms with Crippen molar-refractivity contribution in [1.82, 2.24) is 0 Å². The first-order chi connectivity index (χ1) is 8.38. The van der Waals surface area contributed by atoms with E-state index in [-0.39, 0.29) is 18.2 Å². The van der Waals surface area contributed by atoms with Crippen LogP contribution in [0.3, 0.4) is 0 Å². The molecule has 0 fully saturated rings. The number of aliphatic hydroxyl groups is 1. The van der Waals surface area contributed by atoms with Crippen LogP contribution in [-0.2, 0) is 0 Å². The molecule has 6 heteroatoms. The van der Waals surface area contributed by atoms with Gasteiger partial charge in [0.2, 0.25) is 0 Å². The van der Waals surface area contributed by atoms with Gasteiger partial charge >= 0.3 is 5.97 Å². The van der Waals surface area contributed by atoms with Crippen molar-refractivity contribution >= 4 is 11.7 Å². The van der Waals surface area contributed by atoms with Crippen LogP contribution in [0.5, 0.6) is 0 Å². The lowest BCUT2D eigenvalue weighted by atomic mass is 10.0. The molecule has 0 saturated carbocycles. The summed E-state index contributed by atoms with van der Waals surface area (Å²) in [7, 11) is 0. The summed E-state index contributed by atoms with van der Waals surface area (Å²) >= 11 is 0. The molecule has 0 radical (unpaired) electrons. The number of hydrogen-bond acceptors (Lipinski definition) is 3. The van der Waals surface area contributed by atoms with Crippen LogP contribution in [0, 0.1) is 17.6 Å². The van der Waals surface area contributed by atoms with Crippen molar-refractivity contribution < 1.29 is 23.8 Å². The molecule has 1 aromatic rings. The minimum absolute atomic E-state index is 0.0108. The maximum Gasteiger partial charge on any atom is 0.338 e. The van der Waals surface area contributed by atoms with Crippen LogP contribution in [0.15, 0.2) is 12.1 Å². The number of carboxylic acid groups (broad SMARTS) is 1. The number of hydrogen-bond donors (Lipinski definition) is 3. The van der Waals surface area contributed by atoms with Gasteiger partial charge in [-0.05, 0) is 18.1 Å². The highest BCUT2D eigenvalue weighted by molar-refractivity contribution is 5.88. The smallest absolute Gasteiger partial charge is 0.338 e. The molecule has 1 rings (SSSR count). The summed E-state index contributed by atoms with van der Waals surface area (Å²) in [6, 6.07) is 1.69. The number of aromatic carboxylic acids is 1. The molecule has 0 amide bonds. The molecule has 0 aliphatic rings. The van der Waals surface area contributed by atoms with E-state index in [1.807, 2.05) is 13.8 Å². The molecular weight excluding hydrogens is 244 g/mol. The first-order valence-corrected chi connectivity index (χ1v) is 5.47. The van der Waals surface area contributed by atoms with Crippen molar-refractivity contribution in [2.24, 2.45) is 5.92 Å². The van der Waals surface area contributed by atoms with E-state index in [2.05, 4.69) is 5.32 Å². The monoisotopic (exact) mass is 259 g/mol. The number of benzene rings is 1. The van der Waals surface area contributed by atoms with Crippen molar-refractivity contribution in [2.75, 3.05) is 11.9 Å². The Labute approximate surface area is 103 Å². The average molecular weight is 259 g/mol. The Morgan fingerprint density at radius 2 is 1.94 bits per heavy atom. The van der Waals surface area contributed by atoms with E-state index in [1.165, 1.54) is 0 Å². The number of halogens is 2. The number of anilines is 1. The lowest BCUT2D eigenvalue weighted by Crippen LogP contribution is -2.30. The summed E-state index contributed by atoms with van der Waals surface area (Å²) in [5.41, 5.74) is -0.881. The highest BCUT2D eigenvalue weighted by Gasteiger charge is 2.20. The largest absolute Gasteiger partial charge is 0.478 e. The van der Waals surface area contributed by atoms with Crippen LogP contribution < -0.4 is 5.32 Å². The SMILES string of the molecule is CC(C)[C@@H](CO)Nc1ccc(C(=O)O)c(F)c1F. The Morgan fingerprint density at radius 3 is 2.39 bits per heavy atom. The van der Waals surface area contributed by atoms with Crippen LogP contribution in [0.2, 0.25) is 0 Å². The van der Waals surface area contributed by atoms with E-state index in [0.29, 0.717) is 0 Å². The Balaban J connectivity index is 3.05. The van der Waals surface area contributed by atoms with E-state index in [0.717, 1.165) is 12.1 Å². The van der Waals surface area contributed by atoms with Gasteiger partial charge in [-0.25, -0.2) is 13.6 Å². The zero-order chi connectivity index (χ0) is 13.9. The van der Waals surface area contributed by atoms with Gasteiger partial charge in [0.15, 0.2) is 11.6 Å². The molecule has 0 unspecified atom stereocenters. The molecule has 18 heavy (non-hydrogen) atoms. The second kappa shape index (κ2) is 5.77. The first kappa shape index (κ1) is 14.4. The van der Waals surface area contributed by atoms with Crippen molar-refractivity contribution in [3.05, 3.63) is 29.3 Å². The van der Waals surface area contributed by atoms with E-state index in [9.17, 15) is 13.6 Å². The van der Waals surface area contributed by atoms with Gasteiger partial charge in [0.1, 0.15) is 0 Å². The average Bonchev–Trinajstić information content (AvgIpc) is 2.30. The fourth-order valence-corrected chi connectivity index (χ4v) is 1.45. The van der Waals surface area contributed by atoms with Gasteiger partial charge < -0.3 is 15.5 Å². The number of aliphatic hydroxyl groups excluding tert-OH is 1. The third kappa shape index (κ3) is 2.95. The number of carbonyl (C=O) groups is 1. The van der Waals surface area contributed by atoms with Gasteiger partial charge in [0, 0.05) is 0 Å². The zero-order valence-electron chi connectivity index (χ0n) is 10.1. The third-order valence-corrected chi connectivity index (χ3v) is 2.66. The molecule has 3 N–H and O–H groups in total. The maximum absolute atomic E-state index is 13.6. The molecule has 0 saturated heterocycles. The fourth-order valence-electron chi connectivity index (χ4n) is 1.45. The minimum Gasteiger partial charge on any atom is -0.478 e. The number of nitrogens with one attached hydrogen (secondary N) is 1. The molecule has 1 atom stereocenters. The summed E-state index contributed by atoms with van der Waals surface area (Å²) in [5.74, 6) is -4.18. The third-order valence-electron chi connectivity index (χ3n) is 2.66. The van der Waals surface area contributed by atoms with Gasteiger partial charge in [0.05, 0.1) is 23.9 Å². The normalized spacial score (nSPS) is 12.6. The van der Waals surface area contributed by atoms with E-state index < -0.39 is 29.2 Å². The van der Waals surface area contributed by atoms with Crippen molar-refractivity contribution in [2.45, 2.75) is 19.9 Å². The number of rotatable bonds is 5. The molecule has 4 nitrogen and oxygen atoms in total. The lowest BCUT2D eigenvalue weighted by molar-refractivity contribution is 0.0690. The Bertz CT molecular complexity index is 449. The Hall–Kier alpha value is -1.69. The predicted molar refractivity (Wildman–Crippen MR) is 62.7 cm³/mol. The molecular formula is C12H15F2NO3. The maximum atomic E-state index is 13.6. The second-order valence-corrected chi connectivity index (χ2v) is 4.27. The highest BCUT2D eigenvalue weighted by atomic mass is 19.2. The number of carboxylic acids is 1. The van der Waals surface area contributed by atoms with Crippen molar-refractivity contribution in [1.29, 1.82) is 0 Å². The molecule has 0 aliphatic heterocycles. The molecule has 1 aromatic carbocycles. The Kier molecular flexibility index (Phi) is 4.61. The van der Waals surface area contributed by atoms with Gasteiger partial charge in [-0.2, -0.15) is 0 Å². The zero-order valence-corrected chi connectivity index (χ0v) is 10.1. The van der Waals surface area contributed by atoms with E-state index >= 15 is 0 Å². The molecule has 100 valence electrons. The lowest BCUT2D eigenvalue weighted by Gasteiger charge is -2.21. The van der Waals surface area contributed by atoms with Gasteiger partial charge in [0.25, 0.3) is 0 Å². The summed E-state index contributed by atoms with van der Waals surface area (Å²) < 4.78 is 27.0. The van der Waals surface area contributed by atoms with Gasteiger partial charge in [-0.15, -0.1) is 0 Å². The predicted octanol–water partition coefficient (Wildman–Crippen LogP) is 2.09. The second-order valence-electron chi connectivity index (χ2n) is 4.27. The summed E-state index contributed by atoms with van der Waals surface area (Å²) in [4.78, 5) is 10.6. The molecule has 0 bridgehead atoms. The summed E-state index contributed by atoms with van der Waals surface area (Å²) in [5, 5.41) is 20.4. The topological polar surface area (TPSA) is 69.6 Å². The Morgan fingerprint density at radius 1 is 1.33 bits per heavy atom. The summed E-state index contributed by atoms with van der Waals surface area (Å²) in [6.07, 6.45) is 0. The summed E-state index contributed by atoms with van der Waals surface area (Å²) in [6.45, 7) is 3.39. The van der Waals surface area contributed by atoms with Crippen LogP contribution in [0.25, 0.3) is 0 Å². The van der Waals surface area contributed by atoms with Crippen LogP contribution in [0.4, 0.5) is 14.5 Å². The standard InChI is InChI=1S/C12H15F2NO3/c1-6(2)9(5-16)15-8-4-3-7(12(17)18)10(13)11(8)14/h3-4,6,9,15-16H,5H2,1-2H3,(H,17,18)/t9-/m1/s1. The molecule has 0 heterocycles. The fraction of sp³-hybridized carbons (Fsp3) is 0.417. The van der Waals surface area contributed by atoms with Crippen LogP contribution in [-0.4, -0.2) is 28.8 Å². The quantitative estimate of drug-likeness (QED) is 0.757. The van der Waals surface area contributed by atoms with Gasteiger partial charge in [-0.1, -0.05) is 13.8 Å². The highest BCUT2D eigenvalue weighted by Crippen LogP contribution is 2.22. The first-order valence-electron chi connectivity index (χ1n) is 5.47. The van der Waals surface area contributed by atoms with Crippen LogP contribution >= 0.6 is 0 Å². The molecule has 0 spiro atoms. The molecule has 0 aliphatic carbocycles. The van der Waals surface area contributed by atoms with Crippen molar-refractivity contribution in [3.63, 3.8) is 0 Å². The van der Waals surface area contributed by atoms with E-state index in [1.54, 1.807) is 0 Å². The van der Waals surface area contributed by atoms with Crippen LogP contribution in [0.1, 0.15) is 24.2 Å². The van der Waals surface area contributed by atoms with Crippen molar-refractivity contribution in [3.8, 4) is 0 Å².